The Morgan fingerprint density at radius 1 is 0.963 bits per heavy atom. The van der Waals surface area contributed by atoms with Gasteiger partial charge >= 0.3 is 0 Å². The van der Waals surface area contributed by atoms with E-state index in [1.807, 2.05) is 37.3 Å². The predicted molar refractivity (Wildman–Crippen MR) is 107 cm³/mol. The number of hydrogen-bond acceptors (Lipinski definition) is 3. The van der Waals surface area contributed by atoms with Gasteiger partial charge in [0.2, 0.25) is 0 Å². The van der Waals surface area contributed by atoms with Crippen LogP contribution in [0, 0.1) is 5.82 Å². The Balaban J connectivity index is 1.62. The molecule has 3 nitrogen and oxygen atoms in total. The summed E-state index contributed by atoms with van der Waals surface area (Å²) in [5.41, 5.74) is 2.56. The number of halogens is 2. The first-order chi connectivity index (χ1) is 13.1. The molecule has 0 saturated heterocycles. The van der Waals surface area contributed by atoms with Gasteiger partial charge in [-0.25, -0.2) is 4.39 Å². The Hall–Kier alpha value is -2.85. The van der Waals surface area contributed by atoms with Gasteiger partial charge in [0.15, 0.2) is 0 Å². The summed E-state index contributed by atoms with van der Waals surface area (Å²) >= 11 is 6.29. The van der Waals surface area contributed by atoms with Crippen LogP contribution in [0.4, 0.5) is 10.1 Å². The molecule has 3 aromatic rings. The van der Waals surface area contributed by atoms with Gasteiger partial charge < -0.3 is 9.47 Å². The molecule has 0 amide bonds. The standard InChI is InChI=1S/C22H19ClFNO2/c1-2-26-20-10-8-19(9-11-20)25-14-17-5-12-22(21(23)13-17)27-15-16-3-6-18(24)7-4-16/h3-14H,2,15H2,1H3. The minimum absolute atomic E-state index is 0.270. The number of aliphatic imine (C=N–C) groups is 1. The van der Waals surface area contributed by atoms with Gasteiger partial charge in [-0.3, -0.25) is 4.99 Å². The van der Waals surface area contributed by atoms with Crippen LogP contribution < -0.4 is 9.47 Å². The summed E-state index contributed by atoms with van der Waals surface area (Å²) in [4.78, 5) is 4.43. The molecule has 0 spiro atoms. The van der Waals surface area contributed by atoms with Crippen molar-refractivity contribution in [1.82, 2.24) is 0 Å². The highest BCUT2D eigenvalue weighted by Gasteiger charge is 2.03. The molecule has 0 atom stereocenters. The highest BCUT2D eigenvalue weighted by molar-refractivity contribution is 6.32. The molecule has 5 heteroatoms. The second-order valence-corrected chi connectivity index (χ2v) is 6.20. The Morgan fingerprint density at radius 2 is 1.70 bits per heavy atom. The number of rotatable bonds is 7. The molecule has 27 heavy (non-hydrogen) atoms. The van der Waals surface area contributed by atoms with Gasteiger partial charge in [0, 0.05) is 6.21 Å². The monoisotopic (exact) mass is 383 g/mol. The highest BCUT2D eigenvalue weighted by atomic mass is 35.5. The van der Waals surface area contributed by atoms with Gasteiger partial charge in [0.05, 0.1) is 17.3 Å². The summed E-state index contributed by atoms with van der Waals surface area (Å²) < 4.78 is 24.0. The minimum atomic E-state index is -0.270. The quantitative estimate of drug-likeness (QED) is 0.454. The van der Waals surface area contributed by atoms with E-state index in [1.54, 1.807) is 30.5 Å². The maximum absolute atomic E-state index is 12.9. The van der Waals surface area contributed by atoms with E-state index in [2.05, 4.69) is 4.99 Å². The molecule has 0 saturated carbocycles. The first-order valence-electron chi connectivity index (χ1n) is 8.58. The largest absolute Gasteiger partial charge is 0.494 e. The van der Waals surface area contributed by atoms with Crippen molar-refractivity contribution in [2.24, 2.45) is 4.99 Å². The second-order valence-electron chi connectivity index (χ2n) is 5.79. The summed E-state index contributed by atoms with van der Waals surface area (Å²) in [6.45, 7) is 2.90. The zero-order valence-corrected chi connectivity index (χ0v) is 15.6. The fourth-order valence-corrected chi connectivity index (χ4v) is 2.64. The van der Waals surface area contributed by atoms with Gasteiger partial charge in [-0.1, -0.05) is 23.7 Å². The average Bonchev–Trinajstić information content (AvgIpc) is 2.68. The molecule has 0 heterocycles. The summed E-state index contributed by atoms with van der Waals surface area (Å²) in [5.74, 6) is 1.12. The van der Waals surface area contributed by atoms with Gasteiger partial charge in [-0.15, -0.1) is 0 Å². The lowest BCUT2D eigenvalue weighted by molar-refractivity contribution is 0.306. The van der Waals surface area contributed by atoms with Crippen LogP contribution in [-0.4, -0.2) is 12.8 Å². The third-order valence-corrected chi connectivity index (χ3v) is 4.07. The van der Waals surface area contributed by atoms with E-state index in [0.717, 1.165) is 22.6 Å². The number of ether oxygens (including phenoxy) is 2. The van der Waals surface area contributed by atoms with Gasteiger partial charge in [-0.05, 0) is 72.6 Å². The average molecular weight is 384 g/mol. The normalized spacial score (nSPS) is 10.9. The minimum Gasteiger partial charge on any atom is -0.494 e. The molecule has 0 aliphatic rings. The molecule has 138 valence electrons. The fraction of sp³-hybridized carbons (Fsp3) is 0.136. The van der Waals surface area contributed by atoms with Crippen molar-refractivity contribution < 1.29 is 13.9 Å². The van der Waals surface area contributed by atoms with E-state index in [1.165, 1.54) is 12.1 Å². The Labute approximate surface area is 163 Å². The zero-order chi connectivity index (χ0) is 19.1. The Morgan fingerprint density at radius 3 is 2.37 bits per heavy atom. The van der Waals surface area contributed by atoms with E-state index in [-0.39, 0.29) is 5.82 Å². The lowest BCUT2D eigenvalue weighted by atomic mass is 10.2. The number of hydrogen-bond donors (Lipinski definition) is 0. The summed E-state index contributed by atoms with van der Waals surface area (Å²) in [5, 5.41) is 0.493. The van der Waals surface area contributed by atoms with Crippen LogP contribution in [0.5, 0.6) is 11.5 Å². The lowest BCUT2D eigenvalue weighted by Crippen LogP contribution is -1.96. The molecule has 0 bridgehead atoms. The second kappa shape index (κ2) is 9.19. The molecule has 0 fully saturated rings. The number of nitrogens with zero attached hydrogens (tertiary/aromatic N) is 1. The predicted octanol–water partition coefficient (Wildman–Crippen LogP) is 6.21. The van der Waals surface area contributed by atoms with Crippen LogP contribution in [0.15, 0.2) is 71.7 Å². The van der Waals surface area contributed by atoms with Crippen LogP contribution in [0.2, 0.25) is 5.02 Å². The molecule has 0 aliphatic heterocycles. The van der Waals surface area contributed by atoms with E-state index < -0.39 is 0 Å². The third kappa shape index (κ3) is 5.56. The van der Waals surface area contributed by atoms with Gasteiger partial charge in [0.25, 0.3) is 0 Å². The highest BCUT2D eigenvalue weighted by Crippen LogP contribution is 2.26. The van der Waals surface area contributed by atoms with E-state index in [0.29, 0.717) is 24.0 Å². The van der Waals surface area contributed by atoms with E-state index >= 15 is 0 Å². The third-order valence-electron chi connectivity index (χ3n) is 3.77. The maximum Gasteiger partial charge on any atom is 0.138 e. The van der Waals surface area contributed by atoms with Crippen molar-refractivity contribution in [2.45, 2.75) is 13.5 Å². The fourth-order valence-electron chi connectivity index (χ4n) is 2.40. The SMILES string of the molecule is CCOc1ccc(N=Cc2ccc(OCc3ccc(F)cc3)c(Cl)c2)cc1. The Bertz CT molecular complexity index is 909. The molecule has 0 aliphatic carbocycles. The van der Waals surface area contributed by atoms with Crippen LogP contribution in [0.1, 0.15) is 18.1 Å². The van der Waals surface area contributed by atoms with Crippen molar-refractivity contribution in [3.63, 3.8) is 0 Å². The van der Waals surface area contributed by atoms with Crippen LogP contribution in [-0.2, 0) is 6.61 Å². The molecular formula is C22H19ClFNO2. The van der Waals surface area contributed by atoms with Gasteiger partial charge in [-0.2, -0.15) is 0 Å². The molecule has 0 unspecified atom stereocenters. The molecule has 0 aromatic heterocycles. The lowest BCUT2D eigenvalue weighted by Gasteiger charge is -2.08. The zero-order valence-electron chi connectivity index (χ0n) is 14.9. The van der Waals surface area contributed by atoms with Crippen LogP contribution >= 0.6 is 11.6 Å². The smallest absolute Gasteiger partial charge is 0.138 e. The first-order valence-corrected chi connectivity index (χ1v) is 8.95. The van der Waals surface area contributed by atoms with Crippen molar-refractivity contribution in [1.29, 1.82) is 0 Å². The van der Waals surface area contributed by atoms with Crippen molar-refractivity contribution >= 4 is 23.5 Å². The van der Waals surface area contributed by atoms with Crippen molar-refractivity contribution in [3.05, 3.63) is 88.7 Å². The number of benzene rings is 3. The van der Waals surface area contributed by atoms with Gasteiger partial charge in [0.1, 0.15) is 23.9 Å². The molecule has 3 rings (SSSR count). The molecule has 0 radical (unpaired) electrons. The van der Waals surface area contributed by atoms with Crippen molar-refractivity contribution in [3.8, 4) is 11.5 Å². The summed E-state index contributed by atoms with van der Waals surface area (Å²) in [6, 6.07) is 19.2. The van der Waals surface area contributed by atoms with Crippen LogP contribution in [0.3, 0.4) is 0 Å². The Kier molecular flexibility index (Phi) is 6.44. The maximum atomic E-state index is 12.9. The summed E-state index contributed by atoms with van der Waals surface area (Å²) in [7, 11) is 0. The van der Waals surface area contributed by atoms with Crippen molar-refractivity contribution in [2.75, 3.05) is 6.61 Å². The van der Waals surface area contributed by atoms with E-state index in [4.69, 9.17) is 21.1 Å². The van der Waals surface area contributed by atoms with E-state index in [9.17, 15) is 4.39 Å². The molecule has 0 N–H and O–H groups in total. The van der Waals surface area contributed by atoms with Crippen LogP contribution in [0.25, 0.3) is 0 Å². The molecular weight excluding hydrogens is 365 g/mol. The first kappa shape index (κ1) is 18.9. The topological polar surface area (TPSA) is 30.8 Å². The summed E-state index contributed by atoms with van der Waals surface area (Å²) in [6.07, 6.45) is 1.74. The molecule has 3 aromatic carbocycles.